The highest BCUT2D eigenvalue weighted by Gasteiger charge is 2.32. The summed E-state index contributed by atoms with van der Waals surface area (Å²) in [6, 6.07) is 0. The standard InChI is InChI=1S/C12H18O3/c1-5-12(4)8-7-10(15-12)9(3)11(13)14-6-2/h5H,1,6-8H2,2-4H3/b10-9-. The van der Waals surface area contributed by atoms with Gasteiger partial charge in [-0.15, -0.1) is 0 Å². The Hall–Kier alpha value is -1.25. The minimum absolute atomic E-state index is 0.291. The zero-order valence-electron chi connectivity index (χ0n) is 9.63. The normalized spacial score (nSPS) is 28.2. The van der Waals surface area contributed by atoms with E-state index in [2.05, 4.69) is 6.58 Å². The molecule has 0 saturated carbocycles. The average Bonchev–Trinajstić information content (AvgIpc) is 2.61. The van der Waals surface area contributed by atoms with Crippen molar-refractivity contribution in [3.8, 4) is 0 Å². The lowest BCUT2D eigenvalue weighted by atomic mass is 10.0. The lowest BCUT2D eigenvalue weighted by molar-refractivity contribution is -0.138. The van der Waals surface area contributed by atoms with Gasteiger partial charge in [-0.25, -0.2) is 4.79 Å². The molecule has 0 N–H and O–H groups in total. The summed E-state index contributed by atoms with van der Waals surface area (Å²) in [7, 11) is 0. The predicted octanol–water partition coefficient (Wildman–Crippen LogP) is 2.58. The van der Waals surface area contributed by atoms with Gasteiger partial charge in [-0.2, -0.15) is 0 Å². The third-order valence-electron chi connectivity index (χ3n) is 2.64. The molecule has 15 heavy (non-hydrogen) atoms. The molecular formula is C12H18O3. The molecule has 0 radical (unpaired) electrons. The van der Waals surface area contributed by atoms with Crippen molar-refractivity contribution >= 4 is 5.97 Å². The van der Waals surface area contributed by atoms with Crippen LogP contribution in [0.15, 0.2) is 24.0 Å². The fraction of sp³-hybridized carbons (Fsp3) is 0.583. The molecule has 3 nitrogen and oxygen atoms in total. The maximum Gasteiger partial charge on any atom is 0.337 e. The van der Waals surface area contributed by atoms with E-state index in [1.54, 1.807) is 19.9 Å². The predicted molar refractivity (Wildman–Crippen MR) is 58.3 cm³/mol. The lowest BCUT2D eigenvalue weighted by Gasteiger charge is -2.19. The van der Waals surface area contributed by atoms with E-state index in [9.17, 15) is 4.79 Å². The smallest absolute Gasteiger partial charge is 0.337 e. The molecule has 0 bridgehead atoms. The highest BCUT2D eigenvalue weighted by Crippen LogP contribution is 2.35. The Bertz CT molecular complexity index is 304. The molecule has 1 rings (SSSR count). The van der Waals surface area contributed by atoms with Crippen LogP contribution >= 0.6 is 0 Å². The Balaban J connectivity index is 2.77. The molecule has 1 atom stereocenters. The minimum atomic E-state index is -0.330. The summed E-state index contributed by atoms with van der Waals surface area (Å²) in [6.45, 7) is 9.61. The van der Waals surface area contributed by atoms with Gasteiger partial charge in [-0.1, -0.05) is 6.58 Å². The van der Waals surface area contributed by atoms with Crippen LogP contribution in [0.3, 0.4) is 0 Å². The highest BCUT2D eigenvalue weighted by atomic mass is 16.5. The summed E-state index contributed by atoms with van der Waals surface area (Å²) >= 11 is 0. The van der Waals surface area contributed by atoms with E-state index in [0.717, 1.165) is 18.6 Å². The van der Waals surface area contributed by atoms with Gasteiger partial charge >= 0.3 is 5.97 Å². The first-order chi connectivity index (χ1) is 7.02. The van der Waals surface area contributed by atoms with Crippen molar-refractivity contribution in [2.45, 2.75) is 39.2 Å². The summed E-state index contributed by atoms with van der Waals surface area (Å²) in [5, 5.41) is 0. The molecule has 1 aliphatic heterocycles. The number of esters is 1. The molecule has 1 heterocycles. The molecule has 3 heteroatoms. The molecule has 0 aliphatic carbocycles. The van der Waals surface area contributed by atoms with Crippen LogP contribution < -0.4 is 0 Å². The molecule has 0 aromatic carbocycles. The Kier molecular flexibility index (Phi) is 3.56. The van der Waals surface area contributed by atoms with Gasteiger partial charge in [0.05, 0.1) is 12.2 Å². The van der Waals surface area contributed by atoms with Crippen LogP contribution in [0.1, 0.15) is 33.6 Å². The van der Waals surface area contributed by atoms with Gasteiger partial charge in [0.25, 0.3) is 0 Å². The zero-order chi connectivity index (χ0) is 11.5. The van der Waals surface area contributed by atoms with Gasteiger partial charge in [0.1, 0.15) is 11.4 Å². The first-order valence-corrected chi connectivity index (χ1v) is 5.22. The number of ether oxygens (including phenoxy) is 2. The molecule has 1 unspecified atom stereocenters. The summed E-state index contributed by atoms with van der Waals surface area (Å²) in [4.78, 5) is 11.4. The molecule has 0 aromatic rings. The van der Waals surface area contributed by atoms with E-state index in [-0.39, 0.29) is 11.6 Å². The van der Waals surface area contributed by atoms with E-state index < -0.39 is 0 Å². The van der Waals surface area contributed by atoms with Gasteiger partial charge < -0.3 is 9.47 Å². The summed E-state index contributed by atoms with van der Waals surface area (Å²) < 4.78 is 10.6. The quantitative estimate of drug-likeness (QED) is 0.408. The highest BCUT2D eigenvalue weighted by molar-refractivity contribution is 5.88. The number of rotatable bonds is 3. The van der Waals surface area contributed by atoms with Gasteiger partial charge in [0, 0.05) is 6.42 Å². The van der Waals surface area contributed by atoms with Crippen molar-refractivity contribution in [2.75, 3.05) is 6.61 Å². The summed E-state index contributed by atoms with van der Waals surface area (Å²) in [5.41, 5.74) is 0.241. The van der Waals surface area contributed by atoms with Crippen molar-refractivity contribution < 1.29 is 14.3 Å². The van der Waals surface area contributed by atoms with Crippen LogP contribution in [0.2, 0.25) is 0 Å². The molecule has 0 spiro atoms. The van der Waals surface area contributed by atoms with Gasteiger partial charge in [-0.3, -0.25) is 0 Å². The van der Waals surface area contributed by atoms with Crippen molar-refractivity contribution in [3.05, 3.63) is 24.0 Å². The van der Waals surface area contributed by atoms with Crippen molar-refractivity contribution in [1.29, 1.82) is 0 Å². The van der Waals surface area contributed by atoms with Crippen molar-refractivity contribution in [1.82, 2.24) is 0 Å². The maximum atomic E-state index is 11.4. The number of hydrogen-bond acceptors (Lipinski definition) is 3. The first-order valence-electron chi connectivity index (χ1n) is 5.22. The van der Waals surface area contributed by atoms with Gasteiger partial charge in [0.2, 0.25) is 0 Å². The van der Waals surface area contributed by atoms with E-state index in [4.69, 9.17) is 9.47 Å². The van der Waals surface area contributed by atoms with E-state index in [1.807, 2.05) is 6.92 Å². The molecule has 1 fully saturated rings. The molecular weight excluding hydrogens is 192 g/mol. The third kappa shape index (κ3) is 2.61. The lowest BCUT2D eigenvalue weighted by Crippen LogP contribution is -2.18. The van der Waals surface area contributed by atoms with Gasteiger partial charge in [0.15, 0.2) is 0 Å². The van der Waals surface area contributed by atoms with E-state index in [0.29, 0.717) is 12.2 Å². The Morgan fingerprint density at radius 2 is 2.40 bits per heavy atom. The van der Waals surface area contributed by atoms with Crippen LogP contribution in [0.4, 0.5) is 0 Å². The summed E-state index contributed by atoms with van der Waals surface area (Å²) in [6.07, 6.45) is 3.41. The second-order valence-electron chi connectivity index (χ2n) is 3.89. The summed E-state index contributed by atoms with van der Waals surface area (Å²) in [5.74, 6) is 0.441. The second kappa shape index (κ2) is 4.51. The average molecular weight is 210 g/mol. The molecule has 0 amide bonds. The Labute approximate surface area is 90.8 Å². The number of allylic oxidation sites excluding steroid dienone is 1. The maximum absolute atomic E-state index is 11.4. The van der Waals surface area contributed by atoms with Crippen LogP contribution in [-0.4, -0.2) is 18.2 Å². The first kappa shape index (κ1) is 11.8. The van der Waals surface area contributed by atoms with E-state index in [1.165, 1.54) is 0 Å². The zero-order valence-corrected chi connectivity index (χ0v) is 9.63. The fourth-order valence-corrected chi connectivity index (χ4v) is 1.51. The topological polar surface area (TPSA) is 35.5 Å². The van der Waals surface area contributed by atoms with E-state index >= 15 is 0 Å². The Morgan fingerprint density at radius 3 is 2.87 bits per heavy atom. The monoisotopic (exact) mass is 210 g/mol. The second-order valence-corrected chi connectivity index (χ2v) is 3.89. The number of carbonyl (C=O) groups is 1. The van der Waals surface area contributed by atoms with Crippen LogP contribution in [0, 0.1) is 0 Å². The molecule has 1 saturated heterocycles. The molecule has 0 aromatic heterocycles. The fourth-order valence-electron chi connectivity index (χ4n) is 1.51. The van der Waals surface area contributed by atoms with Crippen LogP contribution in [-0.2, 0) is 14.3 Å². The number of hydrogen-bond donors (Lipinski definition) is 0. The SMILES string of the molecule is C=CC1(C)CC/C(=C(\C)C(=O)OCC)O1. The largest absolute Gasteiger partial charge is 0.487 e. The van der Waals surface area contributed by atoms with Crippen molar-refractivity contribution in [2.24, 2.45) is 0 Å². The minimum Gasteiger partial charge on any atom is -0.487 e. The van der Waals surface area contributed by atoms with Crippen molar-refractivity contribution in [3.63, 3.8) is 0 Å². The van der Waals surface area contributed by atoms with Crippen LogP contribution in [0.5, 0.6) is 0 Å². The Morgan fingerprint density at radius 1 is 1.73 bits per heavy atom. The molecule has 84 valence electrons. The number of carbonyl (C=O) groups excluding carboxylic acids is 1. The molecule has 1 aliphatic rings. The third-order valence-corrected chi connectivity index (χ3v) is 2.64. The van der Waals surface area contributed by atoms with Crippen LogP contribution in [0.25, 0.3) is 0 Å². The van der Waals surface area contributed by atoms with Gasteiger partial charge in [-0.05, 0) is 33.3 Å².